The van der Waals surface area contributed by atoms with Gasteiger partial charge in [0.1, 0.15) is 6.61 Å². The van der Waals surface area contributed by atoms with Crippen molar-refractivity contribution in [2.45, 2.75) is 32.8 Å². The summed E-state index contributed by atoms with van der Waals surface area (Å²) in [5.41, 5.74) is 2.31. The number of thiophene rings is 1. The molecule has 100 valence electrons. The zero-order valence-corrected chi connectivity index (χ0v) is 12.1. The Kier molecular flexibility index (Phi) is 4.74. The molecule has 2 rings (SSSR count). The lowest BCUT2D eigenvalue weighted by Gasteiger charge is -2.03. The van der Waals surface area contributed by atoms with Crippen molar-refractivity contribution in [2.24, 2.45) is 0 Å². The summed E-state index contributed by atoms with van der Waals surface area (Å²) < 4.78 is 5.27. The van der Waals surface area contributed by atoms with Gasteiger partial charge in [-0.15, -0.1) is 11.3 Å². The normalized spacial score (nSPS) is 10.7. The molecule has 1 aromatic heterocycles. The van der Waals surface area contributed by atoms with Gasteiger partial charge in [-0.2, -0.15) is 0 Å². The number of rotatable bonds is 5. The summed E-state index contributed by atoms with van der Waals surface area (Å²) in [6, 6.07) is 11.8. The topological polar surface area (TPSA) is 26.3 Å². The molecule has 0 aliphatic rings. The molecule has 0 spiro atoms. The van der Waals surface area contributed by atoms with Gasteiger partial charge >= 0.3 is 5.97 Å². The molecule has 0 aliphatic carbocycles. The first-order valence-corrected chi connectivity index (χ1v) is 7.30. The van der Waals surface area contributed by atoms with Crippen molar-refractivity contribution in [1.29, 1.82) is 0 Å². The Hall–Kier alpha value is -1.61. The van der Waals surface area contributed by atoms with Gasteiger partial charge in [0, 0.05) is 4.88 Å². The fourth-order valence-electron chi connectivity index (χ4n) is 1.72. The molecule has 3 heteroatoms. The van der Waals surface area contributed by atoms with Crippen LogP contribution in [0.5, 0.6) is 0 Å². The first-order valence-electron chi connectivity index (χ1n) is 6.42. The molecule has 0 N–H and O–H groups in total. The van der Waals surface area contributed by atoms with Gasteiger partial charge in [-0.3, -0.25) is 4.79 Å². The maximum Gasteiger partial charge on any atom is 0.311 e. The molecule has 0 aliphatic heterocycles. The van der Waals surface area contributed by atoms with Crippen molar-refractivity contribution in [2.75, 3.05) is 0 Å². The fraction of sp³-hybridized carbons (Fsp3) is 0.312. The van der Waals surface area contributed by atoms with E-state index in [1.165, 1.54) is 5.56 Å². The minimum Gasteiger partial charge on any atom is -0.461 e. The highest BCUT2D eigenvalue weighted by atomic mass is 32.1. The molecule has 0 atom stereocenters. The summed E-state index contributed by atoms with van der Waals surface area (Å²) in [5.74, 6) is 0.339. The van der Waals surface area contributed by atoms with Crippen molar-refractivity contribution in [1.82, 2.24) is 0 Å². The van der Waals surface area contributed by atoms with Crippen LogP contribution in [-0.2, 0) is 22.6 Å². The van der Waals surface area contributed by atoms with Crippen molar-refractivity contribution >= 4 is 17.3 Å². The number of ether oxygens (including phenoxy) is 1. The molecule has 0 amide bonds. The SMILES string of the molecule is CC(C)c1csc(CC(=O)OCc2ccccc2)c1. The van der Waals surface area contributed by atoms with Gasteiger partial charge in [-0.05, 0) is 28.5 Å². The van der Waals surface area contributed by atoms with Crippen LogP contribution in [-0.4, -0.2) is 5.97 Å². The lowest BCUT2D eigenvalue weighted by atomic mass is 10.1. The van der Waals surface area contributed by atoms with Crippen LogP contribution in [0.15, 0.2) is 41.8 Å². The number of hydrogen-bond donors (Lipinski definition) is 0. The molecule has 0 saturated heterocycles. The van der Waals surface area contributed by atoms with E-state index in [-0.39, 0.29) is 5.97 Å². The highest BCUT2D eigenvalue weighted by Crippen LogP contribution is 2.22. The van der Waals surface area contributed by atoms with Gasteiger partial charge in [0.05, 0.1) is 6.42 Å². The van der Waals surface area contributed by atoms with E-state index in [9.17, 15) is 4.79 Å². The Morgan fingerprint density at radius 1 is 1.26 bits per heavy atom. The number of esters is 1. The third-order valence-electron chi connectivity index (χ3n) is 2.90. The molecule has 19 heavy (non-hydrogen) atoms. The minimum atomic E-state index is -0.166. The van der Waals surface area contributed by atoms with E-state index >= 15 is 0 Å². The monoisotopic (exact) mass is 274 g/mol. The van der Waals surface area contributed by atoms with E-state index < -0.39 is 0 Å². The van der Waals surface area contributed by atoms with Crippen LogP contribution in [0.25, 0.3) is 0 Å². The Morgan fingerprint density at radius 2 is 2.00 bits per heavy atom. The number of carbonyl (C=O) groups is 1. The summed E-state index contributed by atoms with van der Waals surface area (Å²) in [6.45, 7) is 4.65. The van der Waals surface area contributed by atoms with E-state index in [1.54, 1.807) is 11.3 Å². The summed E-state index contributed by atoms with van der Waals surface area (Å²) in [4.78, 5) is 12.8. The lowest BCUT2D eigenvalue weighted by molar-refractivity contribution is -0.144. The average molecular weight is 274 g/mol. The van der Waals surface area contributed by atoms with Crippen molar-refractivity contribution in [3.05, 3.63) is 57.8 Å². The molecule has 1 heterocycles. The quantitative estimate of drug-likeness (QED) is 0.765. The fourth-order valence-corrected chi connectivity index (χ4v) is 2.76. The molecule has 0 saturated carbocycles. The van der Waals surface area contributed by atoms with Gasteiger partial charge in [0.25, 0.3) is 0 Å². The van der Waals surface area contributed by atoms with Gasteiger partial charge in [0.2, 0.25) is 0 Å². The highest BCUT2D eigenvalue weighted by molar-refractivity contribution is 7.10. The second kappa shape index (κ2) is 6.53. The summed E-state index contributed by atoms with van der Waals surface area (Å²) >= 11 is 1.63. The first kappa shape index (κ1) is 13.8. The van der Waals surface area contributed by atoms with E-state index in [2.05, 4.69) is 25.3 Å². The molecule has 0 fully saturated rings. The standard InChI is InChI=1S/C16H18O2S/c1-12(2)14-8-15(19-11-14)9-16(17)18-10-13-6-4-3-5-7-13/h3-8,11-12H,9-10H2,1-2H3. The van der Waals surface area contributed by atoms with E-state index in [1.807, 2.05) is 30.3 Å². The van der Waals surface area contributed by atoms with Crippen LogP contribution < -0.4 is 0 Å². The van der Waals surface area contributed by atoms with Crippen LogP contribution >= 0.6 is 11.3 Å². The van der Waals surface area contributed by atoms with Crippen LogP contribution in [0.3, 0.4) is 0 Å². The van der Waals surface area contributed by atoms with Gasteiger partial charge < -0.3 is 4.74 Å². The van der Waals surface area contributed by atoms with Crippen LogP contribution in [0.2, 0.25) is 0 Å². The Morgan fingerprint density at radius 3 is 2.63 bits per heavy atom. The minimum absolute atomic E-state index is 0.166. The zero-order valence-electron chi connectivity index (χ0n) is 11.3. The van der Waals surface area contributed by atoms with Gasteiger partial charge in [0.15, 0.2) is 0 Å². The predicted octanol–water partition coefficient (Wildman–Crippen LogP) is 4.16. The van der Waals surface area contributed by atoms with E-state index in [4.69, 9.17) is 4.74 Å². The molecule has 1 aromatic carbocycles. The second-order valence-corrected chi connectivity index (χ2v) is 5.82. The molecule has 2 nitrogen and oxygen atoms in total. The predicted molar refractivity (Wildman–Crippen MR) is 78.4 cm³/mol. The maximum absolute atomic E-state index is 11.7. The Bertz CT molecular complexity index is 529. The Labute approximate surface area is 118 Å². The van der Waals surface area contributed by atoms with Crippen molar-refractivity contribution < 1.29 is 9.53 Å². The molecular weight excluding hydrogens is 256 g/mol. The maximum atomic E-state index is 11.7. The lowest BCUT2D eigenvalue weighted by Crippen LogP contribution is -2.07. The molecule has 0 bridgehead atoms. The molecule has 2 aromatic rings. The third-order valence-corrected chi connectivity index (χ3v) is 3.86. The van der Waals surface area contributed by atoms with Crippen LogP contribution in [0.4, 0.5) is 0 Å². The number of carbonyl (C=O) groups excluding carboxylic acids is 1. The first-order chi connectivity index (χ1) is 9.15. The molecule has 0 radical (unpaired) electrons. The third kappa shape index (κ3) is 4.21. The van der Waals surface area contributed by atoms with Gasteiger partial charge in [-0.1, -0.05) is 44.2 Å². The summed E-state index contributed by atoms with van der Waals surface area (Å²) in [7, 11) is 0. The van der Waals surface area contributed by atoms with Crippen molar-refractivity contribution in [3.8, 4) is 0 Å². The van der Waals surface area contributed by atoms with Gasteiger partial charge in [-0.25, -0.2) is 0 Å². The van der Waals surface area contributed by atoms with Crippen molar-refractivity contribution in [3.63, 3.8) is 0 Å². The highest BCUT2D eigenvalue weighted by Gasteiger charge is 2.09. The summed E-state index contributed by atoms with van der Waals surface area (Å²) in [6.07, 6.45) is 0.365. The molecule has 0 unspecified atom stereocenters. The number of benzene rings is 1. The van der Waals surface area contributed by atoms with E-state index in [0.717, 1.165) is 10.4 Å². The number of hydrogen-bond acceptors (Lipinski definition) is 3. The van der Waals surface area contributed by atoms with Crippen LogP contribution in [0.1, 0.15) is 35.8 Å². The molecular formula is C16H18O2S. The van der Waals surface area contributed by atoms with E-state index in [0.29, 0.717) is 18.9 Å². The summed E-state index contributed by atoms with van der Waals surface area (Å²) in [5, 5.41) is 2.12. The smallest absolute Gasteiger partial charge is 0.311 e. The Balaban J connectivity index is 1.84. The van der Waals surface area contributed by atoms with Crippen LogP contribution in [0, 0.1) is 0 Å². The largest absolute Gasteiger partial charge is 0.461 e. The zero-order chi connectivity index (χ0) is 13.7. The average Bonchev–Trinajstić information content (AvgIpc) is 2.86. The second-order valence-electron chi connectivity index (χ2n) is 4.82.